The van der Waals surface area contributed by atoms with E-state index in [-0.39, 0.29) is 40.7 Å². The number of carbonyl (C=O) groups is 3. The summed E-state index contributed by atoms with van der Waals surface area (Å²) in [5, 5.41) is 26.2. The van der Waals surface area contributed by atoms with Crippen molar-refractivity contribution in [3.63, 3.8) is 0 Å². The Morgan fingerprint density at radius 3 is 2.04 bits per heavy atom. The molecule has 1 aliphatic heterocycles. The van der Waals surface area contributed by atoms with Crippen molar-refractivity contribution in [1.29, 1.82) is 0 Å². The maximum atomic E-state index is 13.8. The van der Waals surface area contributed by atoms with Gasteiger partial charge in [0.25, 0.3) is 16.0 Å². The molecule has 1 heterocycles. The number of esters is 1. The van der Waals surface area contributed by atoms with E-state index >= 15 is 0 Å². The number of amidine groups is 1. The summed E-state index contributed by atoms with van der Waals surface area (Å²) in [6.07, 6.45) is 18.0. The number of benzene rings is 3. The number of hydrogen-bond donors (Lipinski definition) is 3. The quantitative estimate of drug-likeness (QED) is 0.0363. The summed E-state index contributed by atoms with van der Waals surface area (Å²) >= 11 is 0. The van der Waals surface area contributed by atoms with E-state index in [1.165, 1.54) is 108 Å². The molecule has 0 aromatic heterocycles. The maximum absolute atomic E-state index is 13.8. The number of hydrazone groups is 1. The summed E-state index contributed by atoms with van der Waals surface area (Å²) in [5.74, 6) is -2.34. The Morgan fingerprint density at radius 2 is 1.45 bits per heavy atom. The molecule has 0 saturated carbocycles. The van der Waals surface area contributed by atoms with Crippen molar-refractivity contribution in [3.8, 4) is 17.2 Å². The summed E-state index contributed by atoms with van der Waals surface area (Å²) in [4.78, 5) is 38.3. The highest BCUT2D eigenvalue weighted by Gasteiger charge is 2.39. The third kappa shape index (κ3) is 13.6. The first-order valence-corrected chi connectivity index (χ1v) is 20.8. The third-order valence-electron chi connectivity index (χ3n) is 9.28. The van der Waals surface area contributed by atoms with Gasteiger partial charge in [0.1, 0.15) is 27.8 Å². The highest BCUT2D eigenvalue weighted by atomic mass is 32.2. The normalized spacial score (nSPS) is 14.3. The van der Waals surface area contributed by atoms with Gasteiger partial charge < -0.3 is 19.9 Å². The second-order valence-corrected chi connectivity index (χ2v) is 15.1. The van der Waals surface area contributed by atoms with Crippen LogP contribution in [0.5, 0.6) is 17.2 Å². The van der Waals surface area contributed by atoms with Crippen LogP contribution in [0.3, 0.4) is 0 Å². The van der Waals surface area contributed by atoms with Crippen molar-refractivity contribution in [3.05, 3.63) is 72.3 Å². The molecule has 15 heteroatoms. The molecule has 1 aliphatic rings. The molecule has 2 amide bonds. The van der Waals surface area contributed by atoms with Crippen LogP contribution in [0.25, 0.3) is 0 Å². The van der Waals surface area contributed by atoms with Crippen LogP contribution in [0, 0.1) is 0 Å². The smallest absolute Gasteiger partial charge is 0.337 e. The van der Waals surface area contributed by atoms with E-state index in [4.69, 9.17) is 9.47 Å². The van der Waals surface area contributed by atoms with Gasteiger partial charge in [-0.2, -0.15) is 23.7 Å². The van der Waals surface area contributed by atoms with Crippen molar-refractivity contribution >= 4 is 45.1 Å². The van der Waals surface area contributed by atoms with Gasteiger partial charge >= 0.3 is 5.97 Å². The fourth-order valence-corrected chi connectivity index (χ4v) is 6.82. The number of amides is 2. The SMILES string of the molecule is CCCCCCCCCCCCCCCCCC(=O)NC1=NN(c2ccc(Oc3ccccc3)c(S(=O)(=O)O)c2)C(=O)[C@H]1N=Nc1cc(C(=O)OC)ccc1O. The van der Waals surface area contributed by atoms with Crippen LogP contribution in [0.4, 0.5) is 11.4 Å². The van der Waals surface area contributed by atoms with Crippen LogP contribution in [-0.4, -0.2) is 54.8 Å². The van der Waals surface area contributed by atoms with Gasteiger partial charge in [-0.15, -0.1) is 5.10 Å². The zero-order valence-corrected chi connectivity index (χ0v) is 33.0. The number of phenolic OH excluding ortho intramolecular Hbond substituents is 1. The molecule has 3 N–H and O–H groups in total. The molecule has 0 aliphatic carbocycles. The van der Waals surface area contributed by atoms with Gasteiger partial charge in [0.05, 0.1) is 18.4 Å². The molecule has 4 rings (SSSR count). The van der Waals surface area contributed by atoms with Crippen molar-refractivity contribution in [1.82, 2.24) is 5.32 Å². The number of methoxy groups -OCH3 is 1. The van der Waals surface area contributed by atoms with Crippen LogP contribution < -0.4 is 15.1 Å². The van der Waals surface area contributed by atoms with E-state index < -0.39 is 38.8 Å². The number of nitrogens with one attached hydrogen (secondary N) is 1. The second-order valence-electron chi connectivity index (χ2n) is 13.7. The summed E-state index contributed by atoms with van der Waals surface area (Å²) in [7, 11) is -3.66. The lowest BCUT2D eigenvalue weighted by atomic mass is 10.0. The Morgan fingerprint density at radius 1 is 0.839 bits per heavy atom. The number of para-hydroxylation sites is 1. The van der Waals surface area contributed by atoms with Gasteiger partial charge in [-0.25, -0.2) is 4.79 Å². The maximum Gasteiger partial charge on any atom is 0.337 e. The number of phenols is 1. The van der Waals surface area contributed by atoms with Crippen LogP contribution in [-0.2, 0) is 24.4 Å². The zero-order valence-electron chi connectivity index (χ0n) is 32.2. The minimum absolute atomic E-state index is 0.0693. The Hall–Kier alpha value is -5.15. The van der Waals surface area contributed by atoms with E-state index in [1.54, 1.807) is 30.3 Å². The largest absolute Gasteiger partial charge is 0.506 e. The third-order valence-corrected chi connectivity index (χ3v) is 10.2. The summed E-state index contributed by atoms with van der Waals surface area (Å²) < 4.78 is 45.3. The van der Waals surface area contributed by atoms with Crippen molar-refractivity contribution < 1.29 is 41.9 Å². The molecule has 0 bridgehead atoms. The van der Waals surface area contributed by atoms with Gasteiger partial charge in [-0.05, 0) is 55.0 Å². The van der Waals surface area contributed by atoms with Gasteiger partial charge in [0.15, 0.2) is 5.84 Å². The highest BCUT2D eigenvalue weighted by Crippen LogP contribution is 2.35. The number of nitrogens with zero attached hydrogens (tertiary/aromatic N) is 4. The van der Waals surface area contributed by atoms with Crippen molar-refractivity contribution in [2.75, 3.05) is 12.1 Å². The number of aromatic hydroxyl groups is 1. The van der Waals surface area contributed by atoms with E-state index in [9.17, 15) is 32.5 Å². The van der Waals surface area contributed by atoms with Crippen molar-refractivity contribution in [2.24, 2.45) is 15.3 Å². The molecule has 302 valence electrons. The molecule has 14 nitrogen and oxygen atoms in total. The minimum atomic E-state index is -4.85. The molecule has 0 radical (unpaired) electrons. The lowest BCUT2D eigenvalue weighted by Crippen LogP contribution is -2.39. The van der Waals surface area contributed by atoms with Gasteiger partial charge in [-0.1, -0.05) is 115 Å². The molecular formula is C41H53N5O9S. The first-order chi connectivity index (χ1) is 27.0. The van der Waals surface area contributed by atoms with Gasteiger partial charge in [0, 0.05) is 6.42 Å². The predicted octanol–water partition coefficient (Wildman–Crippen LogP) is 9.41. The van der Waals surface area contributed by atoms with E-state index in [1.807, 2.05) is 0 Å². The molecule has 0 unspecified atom stereocenters. The first-order valence-electron chi connectivity index (χ1n) is 19.4. The fraction of sp³-hybridized carbons (Fsp3) is 0.463. The second kappa shape index (κ2) is 22.4. The average molecular weight is 792 g/mol. The molecule has 3 aromatic rings. The molecule has 0 fully saturated rings. The average Bonchev–Trinajstić information content (AvgIpc) is 3.49. The Labute approximate surface area is 329 Å². The number of carbonyl (C=O) groups excluding carboxylic acids is 3. The van der Waals surface area contributed by atoms with Crippen LogP contribution >= 0.6 is 0 Å². The molecule has 1 atom stereocenters. The van der Waals surface area contributed by atoms with Crippen molar-refractivity contribution in [2.45, 2.75) is 121 Å². The summed E-state index contributed by atoms with van der Waals surface area (Å²) in [5.41, 5.74) is -0.163. The van der Waals surface area contributed by atoms with E-state index in [0.29, 0.717) is 12.2 Å². The van der Waals surface area contributed by atoms with Crippen LogP contribution in [0.1, 0.15) is 120 Å². The molecule has 56 heavy (non-hydrogen) atoms. The predicted molar refractivity (Wildman–Crippen MR) is 213 cm³/mol. The molecule has 0 saturated heterocycles. The zero-order chi connectivity index (χ0) is 40.3. The lowest BCUT2D eigenvalue weighted by Gasteiger charge is -2.15. The lowest BCUT2D eigenvalue weighted by molar-refractivity contribution is -0.119. The molecule has 3 aromatic carbocycles. The Bertz CT molecular complexity index is 1940. The first kappa shape index (κ1) is 43.6. The standard InChI is InChI=1S/C41H53N5O9S/c1-3-4-5-6-7-8-9-10-11-12-13-14-15-16-20-23-37(48)42-39-38(44-43-33-28-30(41(50)54-2)24-26-34(33)47)40(49)46(45-39)31-25-27-35(36(29-31)56(51,52)53)55-32-21-18-17-19-22-32/h17-19,21-22,24-29,38,47H,3-16,20,23H2,1-2H3,(H,42,45,48)(H,51,52,53)/t38-/m0/s1. The molecule has 0 spiro atoms. The highest BCUT2D eigenvalue weighted by molar-refractivity contribution is 7.86. The topological polar surface area (TPSA) is 197 Å². The number of ether oxygens (including phenoxy) is 2. The molecular weight excluding hydrogens is 739 g/mol. The monoisotopic (exact) mass is 791 g/mol. The van der Waals surface area contributed by atoms with Gasteiger partial charge in [-0.3, -0.25) is 14.1 Å². The summed E-state index contributed by atoms with van der Waals surface area (Å²) in [6.45, 7) is 2.24. The Balaban J connectivity index is 1.40. The van der Waals surface area contributed by atoms with E-state index in [2.05, 4.69) is 27.6 Å². The van der Waals surface area contributed by atoms with E-state index in [0.717, 1.165) is 30.3 Å². The minimum Gasteiger partial charge on any atom is -0.506 e. The van der Waals surface area contributed by atoms with Gasteiger partial charge in [0.2, 0.25) is 11.9 Å². The number of azo groups is 1. The van der Waals surface area contributed by atoms with Crippen LogP contribution in [0.15, 0.2) is 87.0 Å². The number of anilines is 1. The number of rotatable bonds is 23. The Kier molecular flexibility index (Phi) is 17.4. The number of hydrogen-bond acceptors (Lipinski definition) is 11. The fourth-order valence-electron chi connectivity index (χ4n) is 6.19. The summed E-state index contributed by atoms with van der Waals surface area (Å²) in [6, 6.07) is 14.2. The number of unbranched alkanes of at least 4 members (excludes halogenated alkanes) is 14. The van der Waals surface area contributed by atoms with Crippen LogP contribution in [0.2, 0.25) is 0 Å².